The third kappa shape index (κ3) is 4.49. The van der Waals surface area contributed by atoms with Crippen LogP contribution in [0.5, 0.6) is 5.75 Å². The highest BCUT2D eigenvalue weighted by Crippen LogP contribution is 2.24. The molecule has 2 unspecified atom stereocenters. The molecule has 0 saturated carbocycles. The molecular formula is C19H16FNO4S. The van der Waals surface area contributed by atoms with E-state index in [9.17, 15) is 18.8 Å². The van der Waals surface area contributed by atoms with Crippen molar-refractivity contribution in [3.05, 3.63) is 65.5 Å². The van der Waals surface area contributed by atoms with E-state index < -0.39 is 11.2 Å². The summed E-state index contributed by atoms with van der Waals surface area (Å²) >= 11 is 0.992. The van der Waals surface area contributed by atoms with Crippen molar-refractivity contribution in [2.75, 3.05) is 6.61 Å². The molecule has 0 aromatic heterocycles. The molecule has 1 saturated heterocycles. The van der Waals surface area contributed by atoms with Gasteiger partial charge in [-0.05, 0) is 41.8 Å². The second-order valence-electron chi connectivity index (χ2n) is 5.84. The van der Waals surface area contributed by atoms with Gasteiger partial charge < -0.3 is 9.53 Å². The number of carbonyl (C=O) groups is 3. The number of amides is 2. The average Bonchev–Trinajstić information content (AvgIpc) is 2.95. The third-order valence-corrected chi connectivity index (χ3v) is 4.98. The van der Waals surface area contributed by atoms with Crippen LogP contribution >= 0.6 is 11.8 Å². The number of rotatable bonds is 7. The molecule has 0 bridgehead atoms. The summed E-state index contributed by atoms with van der Waals surface area (Å²) in [5.74, 6) is -0.527. The standard InChI is InChI=1S/C19H16FNO4S/c20-15-5-3-13(4-6-15)14(10-22)11-25-16-7-1-12(2-8-16)9-17-18(23)21-19(24)26-17/h1-8,10,14,17H,9,11H2,(H,21,23,24). The Morgan fingerprint density at radius 2 is 1.81 bits per heavy atom. The van der Waals surface area contributed by atoms with Gasteiger partial charge >= 0.3 is 0 Å². The zero-order valence-corrected chi connectivity index (χ0v) is 14.5. The Kier molecular flexibility index (Phi) is 5.68. The first-order chi connectivity index (χ1) is 12.5. The Morgan fingerprint density at radius 3 is 2.38 bits per heavy atom. The summed E-state index contributed by atoms with van der Waals surface area (Å²) in [7, 11) is 0. The second-order valence-corrected chi connectivity index (χ2v) is 7.01. The normalized spacial score (nSPS) is 17.7. The van der Waals surface area contributed by atoms with Gasteiger partial charge in [-0.25, -0.2) is 4.39 Å². The number of imide groups is 1. The number of benzene rings is 2. The van der Waals surface area contributed by atoms with Crippen LogP contribution in [-0.4, -0.2) is 29.3 Å². The molecule has 1 heterocycles. The fourth-order valence-corrected chi connectivity index (χ4v) is 3.43. The lowest BCUT2D eigenvalue weighted by molar-refractivity contribution is -0.119. The molecule has 1 aliphatic heterocycles. The molecule has 2 aromatic rings. The number of hydrogen-bond acceptors (Lipinski definition) is 5. The Balaban J connectivity index is 1.56. The monoisotopic (exact) mass is 373 g/mol. The maximum atomic E-state index is 13.0. The smallest absolute Gasteiger partial charge is 0.286 e. The predicted octanol–water partition coefficient (Wildman–Crippen LogP) is 3.08. The Hall–Kier alpha value is -2.67. The lowest BCUT2D eigenvalue weighted by atomic mass is 10.0. The first-order valence-corrected chi connectivity index (χ1v) is 8.87. The summed E-state index contributed by atoms with van der Waals surface area (Å²) in [6.45, 7) is 0.143. The van der Waals surface area contributed by atoms with Gasteiger partial charge in [0.25, 0.3) is 5.24 Å². The van der Waals surface area contributed by atoms with E-state index in [-0.39, 0.29) is 23.6 Å². The quantitative estimate of drug-likeness (QED) is 0.755. The highest BCUT2D eigenvalue weighted by atomic mass is 32.2. The zero-order chi connectivity index (χ0) is 18.5. The number of halogens is 1. The van der Waals surface area contributed by atoms with Crippen LogP contribution < -0.4 is 10.1 Å². The van der Waals surface area contributed by atoms with E-state index in [2.05, 4.69) is 5.32 Å². The lowest BCUT2D eigenvalue weighted by Gasteiger charge is -2.13. The highest BCUT2D eigenvalue weighted by molar-refractivity contribution is 8.15. The van der Waals surface area contributed by atoms with Crippen LogP contribution in [0, 0.1) is 5.82 Å². The first-order valence-electron chi connectivity index (χ1n) is 7.99. The Morgan fingerprint density at radius 1 is 1.12 bits per heavy atom. The topological polar surface area (TPSA) is 72.5 Å². The van der Waals surface area contributed by atoms with Gasteiger partial charge in [-0.1, -0.05) is 36.0 Å². The van der Waals surface area contributed by atoms with Crippen LogP contribution in [0.2, 0.25) is 0 Å². The van der Waals surface area contributed by atoms with Crippen molar-refractivity contribution in [3.63, 3.8) is 0 Å². The summed E-state index contributed by atoms with van der Waals surface area (Å²) in [5, 5.41) is 1.53. The van der Waals surface area contributed by atoms with Crippen LogP contribution in [0.25, 0.3) is 0 Å². The number of ether oxygens (including phenoxy) is 1. The molecule has 2 aromatic carbocycles. The largest absolute Gasteiger partial charge is 0.493 e. The Bertz CT molecular complexity index is 807. The molecule has 2 atom stereocenters. The first kappa shape index (κ1) is 18.1. The van der Waals surface area contributed by atoms with Crippen LogP contribution in [-0.2, 0) is 16.0 Å². The van der Waals surface area contributed by atoms with E-state index in [1.54, 1.807) is 24.3 Å². The van der Waals surface area contributed by atoms with Gasteiger partial charge in [0.2, 0.25) is 5.91 Å². The number of hydrogen-bond donors (Lipinski definition) is 1. The van der Waals surface area contributed by atoms with Crippen molar-refractivity contribution in [2.45, 2.75) is 17.6 Å². The summed E-state index contributed by atoms with van der Waals surface area (Å²) < 4.78 is 18.6. The van der Waals surface area contributed by atoms with Gasteiger partial charge in [0.1, 0.15) is 24.5 Å². The second kappa shape index (κ2) is 8.14. The van der Waals surface area contributed by atoms with E-state index in [0.29, 0.717) is 17.7 Å². The van der Waals surface area contributed by atoms with Gasteiger partial charge in [-0.2, -0.15) is 0 Å². The van der Waals surface area contributed by atoms with E-state index in [1.807, 2.05) is 12.1 Å². The van der Waals surface area contributed by atoms with Crippen molar-refractivity contribution in [1.29, 1.82) is 0 Å². The summed E-state index contributed by atoms with van der Waals surface area (Å²) in [6, 6.07) is 12.9. The summed E-state index contributed by atoms with van der Waals surface area (Å²) in [6.07, 6.45) is 1.23. The third-order valence-electron chi connectivity index (χ3n) is 4.00. The maximum Gasteiger partial charge on any atom is 0.286 e. The van der Waals surface area contributed by atoms with Crippen LogP contribution in [0.3, 0.4) is 0 Å². The summed E-state index contributed by atoms with van der Waals surface area (Å²) in [4.78, 5) is 34.0. The van der Waals surface area contributed by atoms with E-state index in [0.717, 1.165) is 23.6 Å². The molecular weight excluding hydrogens is 357 g/mol. The van der Waals surface area contributed by atoms with Gasteiger partial charge in [0.15, 0.2) is 0 Å². The van der Waals surface area contributed by atoms with Crippen molar-refractivity contribution in [3.8, 4) is 5.75 Å². The molecule has 1 aliphatic rings. The molecule has 0 spiro atoms. The minimum atomic E-state index is -0.486. The Labute approximate surface area is 153 Å². The van der Waals surface area contributed by atoms with Crippen LogP contribution in [0.1, 0.15) is 17.0 Å². The average molecular weight is 373 g/mol. The molecule has 0 radical (unpaired) electrons. The molecule has 0 aliphatic carbocycles. The fourth-order valence-electron chi connectivity index (χ4n) is 2.57. The van der Waals surface area contributed by atoms with Gasteiger partial charge in [0.05, 0.1) is 11.2 Å². The van der Waals surface area contributed by atoms with Gasteiger partial charge in [-0.15, -0.1) is 0 Å². The molecule has 2 amide bonds. The number of thioether (sulfide) groups is 1. The molecule has 1 N–H and O–H groups in total. The fraction of sp³-hybridized carbons (Fsp3) is 0.211. The molecule has 134 valence electrons. The lowest BCUT2D eigenvalue weighted by Crippen LogP contribution is -2.25. The number of aldehydes is 1. The zero-order valence-electron chi connectivity index (χ0n) is 13.7. The number of carbonyl (C=O) groups excluding carboxylic acids is 3. The molecule has 26 heavy (non-hydrogen) atoms. The maximum absolute atomic E-state index is 13.0. The predicted molar refractivity (Wildman–Crippen MR) is 95.8 cm³/mol. The van der Waals surface area contributed by atoms with Crippen molar-refractivity contribution < 1.29 is 23.5 Å². The van der Waals surface area contributed by atoms with Gasteiger partial charge in [0, 0.05) is 0 Å². The van der Waals surface area contributed by atoms with E-state index in [1.165, 1.54) is 12.1 Å². The molecule has 3 rings (SSSR count). The van der Waals surface area contributed by atoms with Crippen LogP contribution in [0.15, 0.2) is 48.5 Å². The van der Waals surface area contributed by atoms with Crippen molar-refractivity contribution in [1.82, 2.24) is 5.32 Å². The van der Waals surface area contributed by atoms with Crippen molar-refractivity contribution >= 4 is 29.2 Å². The van der Waals surface area contributed by atoms with Crippen LogP contribution in [0.4, 0.5) is 9.18 Å². The van der Waals surface area contributed by atoms with Crippen molar-refractivity contribution in [2.24, 2.45) is 0 Å². The minimum Gasteiger partial charge on any atom is -0.493 e. The van der Waals surface area contributed by atoms with Gasteiger partial charge in [-0.3, -0.25) is 14.9 Å². The summed E-state index contributed by atoms with van der Waals surface area (Å²) in [5.41, 5.74) is 1.59. The van der Waals surface area contributed by atoms with E-state index in [4.69, 9.17) is 4.74 Å². The SMILES string of the molecule is O=CC(COc1ccc(CC2SC(=O)NC2=O)cc1)c1ccc(F)cc1. The number of nitrogens with one attached hydrogen (secondary N) is 1. The molecule has 1 fully saturated rings. The minimum absolute atomic E-state index is 0.143. The highest BCUT2D eigenvalue weighted by Gasteiger charge is 2.31. The molecule has 7 heteroatoms. The van der Waals surface area contributed by atoms with E-state index >= 15 is 0 Å². The molecule has 5 nitrogen and oxygen atoms in total.